The van der Waals surface area contributed by atoms with Gasteiger partial charge < -0.3 is 9.84 Å². The van der Waals surface area contributed by atoms with E-state index in [1.54, 1.807) is 0 Å². The van der Waals surface area contributed by atoms with E-state index in [0.29, 0.717) is 6.61 Å². The van der Waals surface area contributed by atoms with Gasteiger partial charge in [-0.3, -0.25) is 0 Å². The average molecular weight is 193 g/mol. The Hall–Kier alpha value is 1.73. The van der Waals surface area contributed by atoms with Crippen LogP contribution in [0.3, 0.4) is 0 Å². The van der Waals surface area contributed by atoms with Crippen molar-refractivity contribution in [2.24, 2.45) is 0 Å². The minimum Gasteiger partial charge on any atom is -0.853 e. The third kappa shape index (κ3) is 25.2. The van der Waals surface area contributed by atoms with Crippen LogP contribution in [0.1, 0.15) is 14.9 Å². The Bertz CT molecular complexity index is 17.9. The molecule has 48 valence electrons. The van der Waals surface area contributed by atoms with Gasteiger partial charge in [0.05, 0.1) is 0 Å². The van der Waals surface area contributed by atoms with Gasteiger partial charge in [0.2, 0.25) is 0 Å². The zero-order chi connectivity index (χ0) is 4.12. The Morgan fingerprint density at radius 1 is 1.38 bits per heavy atom. The van der Waals surface area contributed by atoms with Crippen molar-refractivity contribution in [3.05, 3.63) is 0 Å². The Morgan fingerprint density at radius 3 is 1.75 bits per heavy atom. The topological polar surface area (TPSA) is 32.3 Å². The fraction of sp³-hybridized carbons (Fsp3) is 1.00. The molecule has 0 aromatic heterocycles. The summed E-state index contributed by atoms with van der Waals surface area (Å²) in [5.41, 5.74) is 0. The second kappa shape index (κ2) is 23.3. The normalized spacial score (nSPS) is 5.25. The van der Waals surface area contributed by atoms with Gasteiger partial charge in [-0.1, -0.05) is 14.9 Å². The van der Waals surface area contributed by atoms with Crippen LogP contribution < -0.4 is 63.3 Å². The third-order valence-electron chi connectivity index (χ3n) is 0.287. The van der Waals surface area contributed by atoms with E-state index < -0.39 is 0 Å². The van der Waals surface area contributed by atoms with Crippen LogP contribution in [-0.2, 0) is 4.74 Å². The summed E-state index contributed by atoms with van der Waals surface area (Å²) in [7, 11) is 1.51. The van der Waals surface area contributed by atoms with Gasteiger partial charge in [0.1, 0.15) is 0 Å². The molecular weight excluding hydrogens is 178 g/mol. The fourth-order valence-corrected chi connectivity index (χ4v) is 0.0833. The smallest absolute Gasteiger partial charge is 0.853 e. The van der Waals surface area contributed by atoms with E-state index >= 15 is 0 Å². The van der Waals surface area contributed by atoms with Gasteiger partial charge in [0, 0.05) is 13.7 Å². The summed E-state index contributed by atoms with van der Waals surface area (Å²) in [4.78, 5) is 0. The van der Waals surface area contributed by atoms with Crippen LogP contribution in [0, 0.1) is 0 Å². The molecule has 0 aromatic carbocycles. The van der Waals surface area contributed by atoms with Gasteiger partial charge in [-0.05, 0) is 0 Å². The summed E-state index contributed by atoms with van der Waals surface area (Å²) in [5.74, 6) is 0. The zero-order valence-electron chi connectivity index (χ0n) is 4.23. The minimum atomic E-state index is -0.128. The van der Waals surface area contributed by atoms with Crippen LogP contribution >= 0.6 is 0 Å². The molecule has 0 amide bonds. The van der Waals surface area contributed by atoms with Crippen molar-refractivity contribution in [2.75, 3.05) is 20.3 Å². The van der Waals surface area contributed by atoms with Crippen LogP contribution in [0.25, 0.3) is 0 Å². The van der Waals surface area contributed by atoms with E-state index in [-0.39, 0.29) is 79.6 Å². The number of methoxy groups -OCH3 is 1. The quantitative estimate of drug-likeness (QED) is 0.476. The Morgan fingerprint density at radius 2 is 1.75 bits per heavy atom. The van der Waals surface area contributed by atoms with Gasteiger partial charge in [0.15, 0.2) is 0 Å². The predicted molar refractivity (Wildman–Crippen MR) is 30.2 cm³/mol. The van der Waals surface area contributed by atoms with Gasteiger partial charge in [-0.2, -0.15) is 0 Å². The number of hydrogen-bond acceptors (Lipinski definition) is 2. The number of ether oxygens (including phenoxy) is 1. The molecule has 0 aliphatic carbocycles. The van der Waals surface area contributed by atoms with E-state index in [4.69, 9.17) is 0 Å². The first-order valence-corrected chi connectivity index (χ1v) is 1.49. The van der Waals surface area contributed by atoms with Gasteiger partial charge in [-0.25, -0.2) is 0 Å². The van der Waals surface area contributed by atoms with Crippen molar-refractivity contribution in [1.82, 2.24) is 0 Å². The second-order valence-corrected chi connectivity index (χ2v) is 0.697. The summed E-state index contributed by atoms with van der Waals surface area (Å²) < 4.78 is 4.38. The molecule has 2 nitrogen and oxygen atoms in total. The third-order valence-corrected chi connectivity index (χ3v) is 0.287. The minimum absolute atomic E-state index is 0. The fourth-order valence-electron chi connectivity index (χ4n) is 0.0833. The summed E-state index contributed by atoms with van der Waals surface area (Å²) in [6.07, 6.45) is 0. The molecule has 0 aliphatic heterocycles. The molecule has 0 aliphatic rings. The van der Waals surface area contributed by atoms with Crippen molar-refractivity contribution in [3.8, 4) is 0 Å². The maximum Gasteiger partial charge on any atom is 1.00 e. The molecular formula is C5H15O2Rb. The SMILES string of the molecule is C.C.COCC[O-].[Rb+]. The van der Waals surface area contributed by atoms with E-state index in [1.807, 2.05) is 0 Å². The summed E-state index contributed by atoms with van der Waals surface area (Å²) in [6.45, 7) is 0.205. The summed E-state index contributed by atoms with van der Waals surface area (Å²) in [5, 5.41) is 9.40. The van der Waals surface area contributed by atoms with Gasteiger partial charge >= 0.3 is 58.2 Å². The van der Waals surface area contributed by atoms with Gasteiger partial charge in [-0.15, -0.1) is 6.61 Å². The van der Waals surface area contributed by atoms with E-state index in [1.165, 1.54) is 7.11 Å². The average Bonchev–Trinajstić information content (AvgIpc) is 1.41. The van der Waals surface area contributed by atoms with Crippen LogP contribution in [0.15, 0.2) is 0 Å². The molecule has 0 rings (SSSR count). The zero-order valence-corrected chi connectivity index (χ0v) is 9.15. The molecule has 0 saturated heterocycles. The number of hydrogen-bond donors (Lipinski definition) is 0. The molecule has 0 aromatic rings. The molecule has 0 heterocycles. The van der Waals surface area contributed by atoms with Crippen molar-refractivity contribution in [3.63, 3.8) is 0 Å². The second-order valence-electron chi connectivity index (χ2n) is 0.697. The summed E-state index contributed by atoms with van der Waals surface area (Å²) >= 11 is 0. The molecule has 0 saturated carbocycles. The molecule has 0 bridgehead atoms. The van der Waals surface area contributed by atoms with Crippen LogP contribution in [0.2, 0.25) is 0 Å². The Kier molecular flexibility index (Phi) is 65.8. The molecule has 3 heteroatoms. The molecule has 0 fully saturated rings. The van der Waals surface area contributed by atoms with Crippen molar-refractivity contribution in [2.45, 2.75) is 14.9 Å². The maximum absolute atomic E-state index is 9.40. The number of rotatable bonds is 2. The molecule has 0 N–H and O–H groups in total. The van der Waals surface area contributed by atoms with Crippen LogP contribution in [-0.4, -0.2) is 20.3 Å². The molecule has 0 radical (unpaired) electrons. The summed E-state index contributed by atoms with van der Waals surface area (Å²) in [6, 6.07) is 0. The van der Waals surface area contributed by atoms with Crippen molar-refractivity contribution < 1.29 is 68.0 Å². The van der Waals surface area contributed by atoms with Crippen LogP contribution in [0.4, 0.5) is 0 Å². The molecule has 0 atom stereocenters. The monoisotopic (exact) mass is 192 g/mol. The first-order chi connectivity index (χ1) is 2.41. The van der Waals surface area contributed by atoms with E-state index in [2.05, 4.69) is 4.74 Å². The maximum atomic E-state index is 9.40. The molecule has 0 unspecified atom stereocenters. The van der Waals surface area contributed by atoms with Gasteiger partial charge in [0.25, 0.3) is 0 Å². The first-order valence-electron chi connectivity index (χ1n) is 1.49. The van der Waals surface area contributed by atoms with E-state index in [9.17, 15) is 5.11 Å². The first kappa shape index (κ1) is 22.6. The Balaban J connectivity index is -0.0000000267. The predicted octanol–water partition coefficient (Wildman–Crippen LogP) is -2.73. The van der Waals surface area contributed by atoms with Crippen molar-refractivity contribution >= 4 is 0 Å². The largest absolute Gasteiger partial charge is 1.00 e. The van der Waals surface area contributed by atoms with E-state index in [0.717, 1.165) is 0 Å². The van der Waals surface area contributed by atoms with Crippen molar-refractivity contribution in [1.29, 1.82) is 0 Å². The Labute approximate surface area is 101 Å². The molecule has 8 heavy (non-hydrogen) atoms. The van der Waals surface area contributed by atoms with Crippen LogP contribution in [0.5, 0.6) is 0 Å². The standard InChI is InChI=1S/C3H7O2.2CH4.Rb/c1-5-3-2-4;;;/h2-3H2,1H3;2*1H4;/q-1;;;+1. The molecule has 0 spiro atoms.